The fourth-order valence-corrected chi connectivity index (χ4v) is 4.55. The summed E-state index contributed by atoms with van der Waals surface area (Å²) in [5.74, 6) is -0.968. The lowest BCUT2D eigenvalue weighted by molar-refractivity contribution is -0.384. The maximum atomic E-state index is 12.8. The lowest BCUT2D eigenvalue weighted by Gasteiger charge is -2.18. The van der Waals surface area contributed by atoms with E-state index in [1.807, 2.05) is 6.07 Å². The summed E-state index contributed by atoms with van der Waals surface area (Å²) in [5, 5.41) is 14.6. The van der Waals surface area contributed by atoms with Crippen LogP contribution < -0.4 is 10.1 Å². The molecule has 0 aliphatic carbocycles. The Balaban J connectivity index is 1.29. The molecule has 11 heteroatoms. The number of hydrogen-bond acceptors (Lipinski definition) is 8. The van der Waals surface area contributed by atoms with Crippen LogP contribution in [0.5, 0.6) is 5.75 Å². The number of para-hydroxylation sites is 1. The molecule has 10 nitrogen and oxygen atoms in total. The van der Waals surface area contributed by atoms with Crippen molar-refractivity contribution >= 4 is 35.2 Å². The second kappa shape index (κ2) is 9.74. The first-order chi connectivity index (χ1) is 15.9. The van der Waals surface area contributed by atoms with Gasteiger partial charge in [0.15, 0.2) is 6.61 Å². The second-order valence-corrected chi connectivity index (χ2v) is 8.31. The van der Waals surface area contributed by atoms with Gasteiger partial charge in [0.05, 0.1) is 10.3 Å². The summed E-state index contributed by atoms with van der Waals surface area (Å²) in [7, 11) is 0. The molecular formula is C22H19N3O7S. The van der Waals surface area contributed by atoms with E-state index < -0.39 is 28.7 Å². The highest BCUT2D eigenvalue weighted by atomic mass is 32.2. The third-order valence-electron chi connectivity index (χ3n) is 5.03. The van der Waals surface area contributed by atoms with Crippen molar-refractivity contribution in [3.63, 3.8) is 0 Å². The van der Waals surface area contributed by atoms with Gasteiger partial charge in [-0.25, -0.2) is 4.79 Å². The average Bonchev–Trinajstić information content (AvgIpc) is 3.37. The van der Waals surface area contributed by atoms with Gasteiger partial charge in [0.1, 0.15) is 24.1 Å². The summed E-state index contributed by atoms with van der Waals surface area (Å²) in [5.41, 5.74) is 0.620. The molecule has 0 unspecified atom stereocenters. The number of nitrogens with zero attached hydrogens (tertiary/aromatic N) is 2. The van der Waals surface area contributed by atoms with Crippen molar-refractivity contribution in [1.29, 1.82) is 0 Å². The standard InChI is InChI=1S/C22H19N3O7S/c26-19(12-31-16-4-2-1-3-5-16)23-17-10-20-24(21(17)27)18(13-33-20)22(28)32-11-14-6-8-15(9-7-14)25(29)30/h1-9,13,17,20H,10-12H2,(H,23,26)/t17-,20-/m0/s1. The number of esters is 1. The van der Waals surface area contributed by atoms with E-state index in [-0.39, 0.29) is 30.0 Å². The van der Waals surface area contributed by atoms with E-state index in [1.165, 1.54) is 40.9 Å². The minimum atomic E-state index is -0.763. The van der Waals surface area contributed by atoms with Gasteiger partial charge in [-0.3, -0.25) is 24.6 Å². The predicted molar refractivity (Wildman–Crippen MR) is 118 cm³/mol. The lowest BCUT2D eigenvalue weighted by atomic mass is 10.2. The minimum Gasteiger partial charge on any atom is -0.484 e. The van der Waals surface area contributed by atoms with Gasteiger partial charge in [0.25, 0.3) is 17.5 Å². The number of thioether (sulfide) groups is 1. The molecule has 2 aromatic rings. The molecule has 0 bridgehead atoms. The number of fused-ring (bicyclic) bond motifs is 1. The molecule has 1 fully saturated rings. The number of rotatable bonds is 8. The summed E-state index contributed by atoms with van der Waals surface area (Å²) < 4.78 is 10.7. The van der Waals surface area contributed by atoms with Crippen LogP contribution in [0.4, 0.5) is 5.69 Å². The van der Waals surface area contributed by atoms with E-state index in [1.54, 1.807) is 29.7 Å². The number of carbonyl (C=O) groups excluding carboxylic acids is 3. The van der Waals surface area contributed by atoms with Gasteiger partial charge >= 0.3 is 5.97 Å². The van der Waals surface area contributed by atoms with Gasteiger partial charge in [-0.2, -0.15) is 0 Å². The van der Waals surface area contributed by atoms with Crippen molar-refractivity contribution in [2.45, 2.75) is 24.4 Å². The average molecular weight is 469 g/mol. The topological polar surface area (TPSA) is 128 Å². The molecule has 1 saturated heterocycles. The highest BCUT2D eigenvalue weighted by molar-refractivity contribution is 8.03. The van der Waals surface area contributed by atoms with Crippen LogP contribution in [-0.2, 0) is 25.7 Å². The fraction of sp³-hybridized carbons (Fsp3) is 0.227. The maximum Gasteiger partial charge on any atom is 0.355 e. The van der Waals surface area contributed by atoms with E-state index in [2.05, 4.69) is 5.32 Å². The molecule has 0 saturated carbocycles. The zero-order valence-corrected chi connectivity index (χ0v) is 18.0. The van der Waals surface area contributed by atoms with Gasteiger partial charge in [-0.1, -0.05) is 18.2 Å². The Hall–Kier alpha value is -3.86. The molecule has 2 aliphatic rings. The predicted octanol–water partition coefficient (Wildman–Crippen LogP) is 2.35. The van der Waals surface area contributed by atoms with Crippen molar-refractivity contribution in [3.05, 3.63) is 81.4 Å². The molecule has 0 spiro atoms. The number of ether oxygens (including phenoxy) is 2. The number of nitrogens with one attached hydrogen (secondary N) is 1. The summed E-state index contributed by atoms with van der Waals surface area (Å²) in [6.45, 7) is -0.325. The number of non-ortho nitro benzene ring substituents is 1. The zero-order chi connectivity index (χ0) is 23.4. The van der Waals surface area contributed by atoms with Crippen LogP contribution in [-0.4, -0.2) is 45.6 Å². The van der Waals surface area contributed by atoms with Crippen LogP contribution >= 0.6 is 11.8 Å². The molecule has 0 aromatic heterocycles. The third-order valence-corrected chi connectivity index (χ3v) is 6.11. The molecule has 2 atom stereocenters. The molecule has 170 valence electrons. The quantitative estimate of drug-likeness (QED) is 0.354. The van der Waals surface area contributed by atoms with Gasteiger partial charge in [-0.05, 0) is 29.8 Å². The first-order valence-corrected chi connectivity index (χ1v) is 10.9. The number of benzene rings is 2. The van der Waals surface area contributed by atoms with Crippen molar-refractivity contribution in [2.24, 2.45) is 0 Å². The van der Waals surface area contributed by atoms with E-state index in [4.69, 9.17) is 9.47 Å². The highest BCUT2D eigenvalue weighted by Gasteiger charge is 2.47. The number of hydrogen-bond donors (Lipinski definition) is 1. The summed E-state index contributed by atoms with van der Waals surface area (Å²) >= 11 is 1.31. The van der Waals surface area contributed by atoms with Gasteiger partial charge in [0.2, 0.25) is 0 Å². The number of nitro groups is 1. The molecule has 2 aliphatic heterocycles. The smallest absolute Gasteiger partial charge is 0.355 e. The number of nitro benzene ring substituents is 1. The lowest BCUT2D eigenvalue weighted by Crippen LogP contribution is -2.43. The molecular weight excluding hydrogens is 450 g/mol. The first-order valence-electron chi connectivity index (χ1n) is 9.99. The molecule has 1 N–H and O–H groups in total. The summed E-state index contributed by atoms with van der Waals surface area (Å²) in [6.07, 6.45) is 0.343. The fourth-order valence-electron chi connectivity index (χ4n) is 3.41. The van der Waals surface area contributed by atoms with E-state index in [9.17, 15) is 24.5 Å². The molecule has 33 heavy (non-hydrogen) atoms. The largest absolute Gasteiger partial charge is 0.484 e. The Morgan fingerprint density at radius 3 is 2.58 bits per heavy atom. The van der Waals surface area contributed by atoms with Crippen molar-refractivity contribution in [2.75, 3.05) is 6.61 Å². The monoisotopic (exact) mass is 469 g/mol. The molecule has 0 radical (unpaired) electrons. The van der Waals surface area contributed by atoms with Crippen LogP contribution in [0.15, 0.2) is 65.7 Å². The SMILES string of the molecule is O=C(COc1ccccc1)N[C@H]1C[C@@H]2SC=C(C(=O)OCc3ccc([N+](=O)[O-])cc3)N2C1=O. The Kier molecular flexibility index (Phi) is 6.59. The zero-order valence-electron chi connectivity index (χ0n) is 17.2. The van der Waals surface area contributed by atoms with E-state index >= 15 is 0 Å². The summed E-state index contributed by atoms with van der Waals surface area (Å²) in [6, 6.07) is 13.7. The van der Waals surface area contributed by atoms with Crippen molar-refractivity contribution < 1.29 is 28.8 Å². The number of amides is 2. The van der Waals surface area contributed by atoms with E-state index in [0.29, 0.717) is 17.7 Å². The van der Waals surface area contributed by atoms with Crippen LogP contribution in [0.2, 0.25) is 0 Å². The van der Waals surface area contributed by atoms with Crippen LogP contribution in [0.25, 0.3) is 0 Å². The second-order valence-electron chi connectivity index (χ2n) is 7.26. The third kappa shape index (κ3) is 5.14. The Morgan fingerprint density at radius 2 is 1.88 bits per heavy atom. The first kappa shape index (κ1) is 22.3. The minimum absolute atomic E-state index is 0.0623. The molecule has 2 amide bonds. The number of carbonyl (C=O) groups is 3. The Labute approximate surface area is 192 Å². The molecule has 2 heterocycles. The normalized spacial score (nSPS) is 19.0. The van der Waals surface area contributed by atoms with Crippen molar-refractivity contribution in [1.82, 2.24) is 10.2 Å². The molecule has 4 rings (SSSR count). The van der Waals surface area contributed by atoms with Gasteiger partial charge < -0.3 is 14.8 Å². The highest BCUT2D eigenvalue weighted by Crippen LogP contribution is 2.39. The van der Waals surface area contributed by atoms with Crippen molar-refractivity contribution in [3.8, 4) is 5.75 Å². The van der Waals surface area contributed by atoms with Crippen LogP contribution in [0, 0.1) is 10.1 Å². The summed E-state index contributed by atoms with van der Waals surface area (Å²) in [4.78, 5) is 49.2. The van der Waals surface area contributed by atoms with Crippen LogP contribution in [0.3, 0.4) is 0 Å². The van der Waals surface area contributed by atoms with E-state index in [0.717, 1.165) is 0 Å². The Morgan fingerprint density at radius 1 is 1.15 bits per heavy atom. The van der Waals surface area contributed by atoms with Crippen LogP contribution in [0.1, 0.15) is 12.0 Å². The Bertz CT molecular complexity index is 1100. The van der Waals surface area contributed by atoms with Gasteiger partial charge in [0, 0.05) is 24.0 Å². The maximum absolute atomic E-state index is 12.8. The van der Waals surface area contributed by atoms with Gasteiger partial charge in [-0.15, -0.1) is 11.8 Å². The molecule has 2 aromatic carbocycles.